The van der Waals surface area contributed by atoms with Crippen LogP contribution in [0.3, 0.4) is 0 Å². The number of sulfonamides is 1. The number of hydrogen-bond acceptors (Lipinski definition) is 4. The average molecular weight is 260 g/mol. The molecule has 1 fully saturated rings. The van der Waals surface area contributed by atoms with E-state index in [1.807, 2.05) is 0 Å². The largest absolute Gasteiger partial charge is 0.329 e. The quantitative estimate of drug-likeness (QED) is 0.889. The van der Waals surface area contributed by atoms with Crippen LogP contribution in [0, 0.1) is 0 Å². The molecule has 1 aliphatic heterocycles. The Bertz CT molecular complexity index is 428. The summed E-state index contributed by atoms with van der Waals surface area (Å²) in [4.78, 5) is 0. The summed E-state index contributed by atoms with van der Waals surface area (Å²) in [6, 6.07) is 3.39. The minimum atomic E-state index is -3.31. The third-order valence-electron chi connectivity index (χ3n) is 2.90. The molecule has 1 aromatic heterocycles. The second kappa shape index (κ2) is 4.83. The lowest BCUT2D eigenvalue weighted by molar-refractivity contribution is 0.258. The minimum Gasteiger partial charge on any atom is -0.329 e. The molecule has 16 heavy (non-hydrogen) atoms. The van der Waals surface area contributed by atoms with Gasteiger partial charge in [0.2, 0.25) is 0 Å². The molecule has 1 atom stereocenters. The SMILES string of the molecule is NC[C@H]1CCCCN1S(=O)(=O)c1cccs1. The number of thiophene rings is 1. The summed E-state index contributed by atoms with van der Waals surface area (Å²) in [6.07, 6.45) is 2.88. The van der Waals surface area contributed by atoms with Crippen molar-refractivity contribution in [3.8, 4) is 0 Å². The maximum atomic E-state index is 12.3. The first-order valence-electron chi connectivity index (χ1n) is 5.41. The Hall–Kier alpha value is -0.430. The third kappa shape index (κ3) is 2.15. The van der Waals surface area contributed by atoms with Gasteiger partial charge in [-0.2, -0.15) is 4.31 Å². The molecule has 4 nitrogen and oxygen atoms in total. The normalized spacial score (nSPS) is 23.4. The maximum Gasteiger partial charge on any atom is 0.252 e. The van der Waals surface area contributed by atoms with E-state index in [9.17, 15) is 8.42 Å². The second-order valence-electron chi connectivity index (χ2n) is 3.93. The van der Waals surface area contributed by atoms with Crippen molar-refractivity contribution in [1.82, 2.24) is 4.31 Å². The zero-order chi connectivity index (χ0) is 11.6. The molecule has 1 aliphatic rings. The molecule has 0 amide bonds. The number of piperidine rings is 1. The van der Waals surface area contributed by atoms with E-state index in [1.54, 1.807) is 21.8 Å². The Labute approximate surface area is 100 Å². The van der Waals surface area contributed by atoms with Gasteiger partial charge in [0.15, 0.2) is 0 Å². The van der Waals surface area contributed by atoms with Crippen molar-refractivity contribution < 1.29 is 8.42 Å². The molecule has 6 heteroatoms. The Morgan fingerprint density at radius 3 is 2.94 bits per heavy atom. The molecule has 0 unspecified atom stereocenters. The number of nitrogens with zero attached hydrogens (tertiary/aromatic N) is 1. The van der Waals surface area contributed by atoms with Crippen LogP contribution in [-0.2, 0) is 10.0 Å². The van der Waals surface area contributed by atoms with E-state index in [4.69, 9.17) is 5.73 Å². The molecule has 90 valence electrons. The van der Waals surface area contributed by atoms with Crippen LogP contribution in [0.25, 0.3) is 0 Å². The first-order valence-corrected chi connectivity index (χ1v) is 7.73. The summed E-state index contributed by atoms with van der Waals surface area (Å²) in [6.45, 7) is 1.01. The molecule has 0 aromatic carbocycles. The molecule has 2 heterocycles. The Kier molecular flexibility index (Phi) is 3.63. The van der Waals surface area contributed by atoms with Crippen LogP contribution < -0.4 is 5.73 Å². The van der Waals surface area contributed by atoms with Gasteiger partial charge < -0.3 is 5.73 Å². The van der Waals surface area contributed by atoms with Crippen LogP contribution in [0.2, 0.25) is 0 Å². The molecular weight excluding hydrogens is 244 g/mol. The number of hydrogen-bond donors (Lipinski definition) is 1. The summed E-state index contributed by atoms with van der Waals surface area (Å²) in [7, 11) is -3.31. The zero-order valence-electron chi connectivity index (χ0n) is 9.00. The van der Waals surface area contributed by atoms with Crippen molar-refractivity contribution in [2.24, 2.45) is 5.73 Å². The summed E-state index contributed by atoms with van der Waals surface area (Å²) >= 11 is 1.27. The van der Waals surface area contributed by atoms with Gasteiger partial charge in [0.25, 0.3) is 10.0 Å². The molecular formula is C10H16N2O2S2. The van der Waals surface area contributed by atoms with Crippen LogP contribution >= 0.6 is 11.3 Å². The summed E-state index contributed by atoms with van der Waals surface area (Å²) in [5, 5.41) is 1.79. The number of rotatable bonds is 3. The van der Waals surface area contributed by atoms with Gasteiger partial charge in [-0.15, -0.1) is 11.3 Å². The highest BCUT2D eigenvalue weighted by Crippen LogP contribution is 2.27. The highest BCUT2D eigenvalue weighted by Gasteiger charge is 2.33. The monoisotopic (exact) mass is 260 g/mol. The second-order valence-corrected chi connectivity index (χ2v) is 7.00. The van der Waals surface area contributed by atoms with E-state index >= 15 is 0 Å². The fraction of sp³-hybridized carbons (Fsp3) is 0.600. The molecule has 1 saturated heterocycles. The van der Waals surface area contributed by atoms with Gasteiger partial charge in [-0.1, -0.05) is 12.5 Å². The van der Waals surface area contributed by atoms with E-state index in [1.165, 1.54) is 11.3 Å². The number of nitrogens with two attached hydrogens (primary N) is 1. The van der Waals surface area contributed by atoms with Crippen molar-refractivity contribution in [2.75, 3.05) is 13.1 Å². The van der Waals surface area contributed by atoms with Crippen molar-refractivity contribution in [3.63, 3.8) is 0 Å². The molecule has 0 radical (unpaired) electrons. The molecule has 2 N–H and O–H groups in total. The van der Waals surface area contributed by atoms with Crippen LogP contribution in [0.4, 0.5) is 0 Å². The molecule has 0 saturated carbocycles. The molecule has 2 rings (SSSR count). The Morgan fingerprint density at radius 2 is 2.31 bits per heavy atom. The first-order chi connectivity index (χ1) is 7.66. The summed E-state index contributed by atoms with van der Waals surface area (Å²) < 4.78 is 26.6. The van der Waals surface area contributed by atoms with Gasteiger partial charge in [-0.3, -0.25) is 0 Å². The Morgan fingerprint density at radius 1 is 1.50 bits per heavy atom. The van der Waals surface area contributed by atoms with Gasteiger partial charge in [0.1, 0.15) is 4.21 Å². The lowest BCUT2D eigenvalue weighted by Crippen LogP contribution is -2.47. The van der Waals surface area contributed by atoms with Gasteiger partial charge in [0, 0.05) is 19.1 Å². The van der Waals surface area contributed by atoms with Crippen molar-refractivity contribution in [3.05, 3.63) is 17.5 Å². The smallest absolute Gasteiger partial charge is 0.252 e. The zero-order valence-corrected chi connectivity index (χ0v) is 10.6. The lowest BCUT2D eigenvalue weighted by atomic mass is 10.1. The van der Waals surface area contributed by atoms with Gasteiger partial charge in [-0.25, -0.2) is 8.42 Å². The van der Waals surface area contributed by atoms with E-state index in [2.05, 4.69) is 0 Å². The summed E-state index contributed by atoms with van der Waals surface area (Å²) in [5.41, 5.74) is 5.64. The van der Waals surface area contributed by atoms with E-state index in [-0.39, 0.29) is 6.04 Å². The predicted molar refractivity (Wildman–Crippen MR) is 64.9 cm³/mol. The topological polar surface area (TPSA) is 63.4 Å². The minimum absolute atomic E-state index is 0.0270. The van der Waals surface area contributed by atoms with E-state index < -0.39 is 10.0 Å². The molecule has 0 bridgehead atoms. The van der Waals surface area contributed by atoms with Gasteiger partial charge >= 0.3 is 0 Å². The summed E-state index contributed by atoms with van der Waals surface area (Å²) in [5.74, 6) is 0. The van der Waals surface area contributed by atoms with E-state index in [0.29, 0.717) is 17.3 Å². The van der Waals surface area contributed by atoms with Crippen LogP contribution in [-0.4, -0.2) is 31.9 Å². The fourth-order valence-electron chi connectivity index (χ4n) is 2.05. The third-order valence-corrected chi connectivity index (χ3v) is 6.23. The van der Waals surface area contributed by atoms with Crippen LogP contribution in [0.1, 0.15) is 19.3 Å². The predicted octanol–water partition coefficient (Wildman–Crippen LogP) is 1.25. The lowest BCUT2D eigenvalue weighted by Gasteiger charge is -2.33. The van der Waals surface area contributed by atoms with Crippen molar-refractivity contribution in [2.45, 2.75) is 29.5 Å². The molecule has 0 aliphatic carbocycles. The fourth-order valence-corrected chi connectivity index (χ4v) is 4.88. The van der Waals surface area contributed by atoms with Crippen molar-refractivity contribution >= 4 is 21.4 Å². The van der Waals surface area contributed by atoms with Crippen LogP contribution in [0.5, 0.6) is 0 Å². The van der Waals surface area contributed by atoms with Crippen molar-refractivity contribution in [1.29, 1.82) is 0 Å². The average Bonchev–Trinajstić information content (AvgIpc) is 2.83. The van der Waals surface area contributed by atoms with Crippen LogP contribution in [0.15, 0.2) is 21.7 Å². The highest BCUT2D eigenvalue weighted by molar-refractivity contribution is 7.91. The Balaban J connectivity index is 2.28. The standard InChI is InChI=1S/C10H16N2O2S2/c11-8-9-4-1-2-6-12(9)16(13,14)10-5-3-7-15-10/h3,5,7,9H,1-2,4,6,8,11H2/t9-/m1/s1. The van der Waals surface area contributed by atoms with Gasteiger partial charge in [-0.05, 0) is 24.3 Å². The maximum absolute atomic E-state index is 12.3. The molecule has 0 spiro atoms. The van der Waals surface area contributed by atoms with E-state index in [0.717, 1.165) is 19.3 Å². The first kappa shape index (κ1) is 12.0. The molecule has 1 aromatic rings. The highest BCUT2D eigenvalue weighted by atomic mass is 32.2. The van der Waals surface area contributed by atoms with Gasteiger partial charge in [0.05, 0.1) is 0 Å².